The van der Waals surface area contributed by atoms with Gasteiger partial charge < -0.3 is 10.2 Å². The number of hydrogen-bond acceptors (Lipinski definition) is 5. The summed E-state index contributed by atoms with van der Waals surface area (Å²) < 4.78 is 0. The van der Waals surface area contributed by atoms with Crippen molar-refractivity contribution in [3.8, 4) is 0 Å². The highest BCUT2D eigenvalue weighted by Gasteiger charge is 2.39. The van der Waals surface area contributed by atoms with Gasteiger partial charge in [0.05, 0.1) is 6.54 Å². The Hall–Kier alpha value is -1.76. The number of nitrogens with zero attached hydrogens (tertiary/aromatic N) is 2. The van der Waals surface area contributed by atoms with Crippen LogP contribution in [-0.2, 0) is 20.9 Å². The number of amides is 2. The van der Waals surface area contributed by atoms with Crippen LogP contribution in [0, 0.1) is 12.8 Å². The number of aromatic nitrogens is 1. The summed E-state index contributed by atoms with van der Waals surface area (Å²) in [5, 5.41) is 5.39. The first-order valence-corrected chi connectivity index (χ1v) is 8.45. The molecule has 1 atom stereocenters. The molecule has 1 N–H and O–H groups in total. The number of likely N-dealkylation sites (tertiary alicyclic amines) is 1. The van der Waals surface area contributed by atoms with Crippen molar-refractivity contribution in [3.63, 3.8) is 0 Å². The van der Waals surface area contributed by atoms with Crippen LogP contribution in [0.25, 0.3) is 0 Å². The molecule has 2 heterocycles. The van der Waals surface area contributed by atoms with Gasteiger partial charge in [-0.15, -0.1) is 11.3 Å². The van der Waals surface area contributed by atoms with E-state index in [1.54, 1.807) is 0 Å². The van der Waals surface area contributed by atoms with Crippen LogP contribution in [0.1, 0.15) is 36.4 Å². The smallest absolute Gasteiger partial charge is 0.289 e. The Bertz CT molecular complexity index is 609. The summed E-state index contributed by atoms with van der Waals surface area (Å²) >= 11 is 1.47. The monoisotopic (exact) mass is 321 g/mol. The number of carbonyl (C=O) groups excluding carboxylic acids is 3. The van der Waals surface area contributed by atoms with Crippen LogP contribution in [0.2, 0.25) is 0 Å². The summed E-state index contributed by atoms with van der Waals surface area (Å²) in [6, 6.07) is -0.643. The van der Waals surface area contributed by atoms with E-state index in [4.69, 9.17) is 0 Å². The number of Topliss-reactive ketones (excluding diaryl/α,β-unsaturated/α-hetero) is 1. The van der Waals surface area contributed by atoms with Crippen LogP contribution in [0.4, 0.5) is 0 Å². The van der Waals surface area contributed by atoms with Gasteiger partial charge in [-0.1, -0.05) is 0 Å². The predicted octanol–water partition coefficient (Wildman–Crippen LogP) is 1.04. The second-order valence-corrected chi connectivity index (χ2v) is 6.92. The van der Waals surface area contributed by atoms with Crippen LogP contribution in [0.15, 0.2) is 5.38 Å². The molecular weight excluding hydrogens is 302 g/mol. The van der Waals surface area contributed by atoms with E-state index in [1.807, 2.05) is 12.3 Å². The molecular formula is C15H19N3O3S. The highest BCUT2D eigenvalue weighted by atomic mass is 32.1. The van der Waals surface area contributed by atoms with Crippen molar-refractivity contribution in [1.29, 1.82) is 0 Å². The molecule has 6 nitrogen and oxygen atoms in total. The first-order valence-electron chi connectivity index (χ1n) is 7.57. The number of ketones is 1. The summed E-state index contributed by atoms with van der Waals surface area (Å²) in [5.74, 6) is -0.621. The van der Waals surface area contributed by atoms with Crippen LogP contribution in [0.5, 0.6) is 0 Å². The summed E-state index contributed by atoms with van der Waals surface area (Å²) in [6.07, 6.45) is 2.97. The molecule has 0 bridgehead atoms. The number of nitrogens with one attached hydrogen (secondary N) is 1. The highest BCUT2D eigenvalue weighted by molar-refractivity contribution is 7.09. The Morgan fingerprint density at radius 3 is 2.82 bits per heavy atom. The minimum absolute atomic E-state index is 0.0822. The summed E-state index contributed by atoms with van der Waals surface area (Å²) in [6.45, 7) is 2.76. The van der Waals surface area contributed by atoms with Gasteiger partial charge in [0.25, 0.3) is 5.91 Å². The molecule has 1 unspecified atom stereocenters. The Labute approximate surface area is 132 Å². The van der Waals surface area contributed by atoms with E-state index in [0.717, 1.165) is 23.5 Å². The van der Waals surface area contributed by atoms with Gasteiger partial charge in [-0.25, -0.2) is 4.98 Å². The van der Waals surface area contributed by atoms with Crippen molar-refractivity contribution >= 4 is 28.9 Å². The first kappa shape index (κ1) is 15.1. The zero-order chi connectivity index (χ0) is 15.7. The molecule has 22 heavy (non-hydrogen) atoms. The quantitative estimate of drug-likeness (QED) is 0.794. The third-order valence-electron chi connectivity index (χ3n) is 4.08. The molecule has 1 saturated heterocycles. The van der Waals surface area contributed by atoms with Crippen molar-refractivity contribution in [2.75, 3.05) is 6.54 Å². The number of thiazole rings is 1. The Morgan fingerprint density at radius 1 is 1.41 bits per heavy atom. The zero-order valence-corrected chi connectivity index (χ0v) is 13.3. The maximum absolute atomic E-state index is 12.3. The van der Waals surface area contributed by atoms with Gasteiger partial charge in [0.15, 0.2) is 0 Å². The van der Waals surface area contributed by atoms with Gasteiger partial charge in [-0.05, 0) is 32.1 Å². The fourth-order valence-corrected chi connectivity index (χ4v) is 3.39. The van der Waals surface area contributed by atoms with Gasteiger partial charge in [0.1, 0.15) is 11.0 Å². The average molecular weight is 321 g/mol. The van der Waals surface area contributed by atoms with Crippen molar-refractivity contribution in [3.05, 3.63) is 16.1 Å². The lowest BCUT2D eigenvalue weighted by molar-refractivity contribution is -0.143. The van der Waals surface area contributed by atoms with E-state index in [0.29, 0.717) is 31.8 Å². The number of rotatable bonds is 6. The second-order valence-electron chi connectivity index (χ2n) is 5.98. The normalized spacial score (nSPS) is 21.2. The number of carbonyl (C=O) groups is 3. The Kier molecular flexibility index (Phi) is 4.24. The topological polar surface area (TPSA) is 79.4 Å². The third kappa shape index (κ3) is 3.35. The average Bonchev–Trinajstić information content (AvgIpc) is 3.14. The van der Waals surface area contributed by atoms with Crippen LogP contribution in [-0.4, -0.2) is 40.1 Å². The lowest BCUT2D eigenvalue weighted by Gasteiger charge is -2.22. The molecule has 7 heteroatoms. The number of aryl methyl sites for hydroxylation is 1. The second kappa shape index (κ2) is 6.16. The summed E-state index contributed by atoms with van der Waals surface area (Å²) in [5.41, 5.74) is 0.900. The van der Waals surface area contributed by atoms with Crippen molar-refractivity contribution in [2.24, 2.45) is 5.92 Å². The van der Waals surface area contributed by atoms with E-state index < -0.39 is 17.7 Å². The summed E-state index contributed by atoms with van der Waals surface area (Å²) in [7, 11) is 0. The van der Waals surface area contributed by atoms with Gasteiger partial charge in [-0.3, -0.25) is 14.4 Å². The van der Waals surface area contributed by atoms with Crippen molar-refractivity contribution < 1.29 is 14.4 Å². The minimum Gasteiger partial charge on any atom is -0.349 e. The van der Waals surface area contributed by atoms with Gasteiger partial charge >= 0.3 is 0 Å². The zero-order valence-electron chi connectivity index (χ0n) is 12.5. The van der Waals surface area contributed by atoms with E-state index >= 15 is 0 Å². The molecule has 3 rings (SSSR count). The molecule has 0 radical (unpaired) electrons. The standard InChI is InChI=1S/C15H19N3O3S/c1-9-8-22-12(17-9)7-18-11(4-5-13(18)19)14(20)15(21)16-6-10-2-3-10/h8,10-11H,2-7H2,1H3,(H,16,21). The SMILES string of the molecule is Cc1csc(CN2C(=O)CCC2C(=O)C(=O)NCC2CC2)n1. The molecule has 118 valence electrons. The molecule has 0 spiro atoms. The van der Waals surface area contributed by atoms with Crippen molar-refractivity contribution in [2.45, 2.75) is 45.2 Å². The predicted molar refractivity (Wildman–Crippen MR) is 81.2 cm³/mol. The van der Waals surface area contributed by atoms with E-state index in [1.165, 1.54) is 16.2 Å². The van der Waals surface area contributed by atoms with E-state index in [-0.39, 0.29) is 5.91 Å². The maximum atomic E-state index is 12.3. The first-order chi connectivity index (χ1) is 10.5. The lowest BCUT2D eigenvalue weighted by Crippen LogP contribution is -2.45. The van der Waals surface area contributed by atoms with Crippen LogP contribution >= 0.6 is 11.3 Å². The van der Waals surface area contributed by atoms with Gasteiger partial charge in [0.2, 0.25) is 11.7 Å². The largest absolute Gasteiger partial charge is 0.349 e. The van der Waals surface area contributed by atoms with Crippen LogP contribution < -0.4 is 5.32 Å². The number of hydrogen-bond donors (Lipinski definition) is 1. The molecule has 1 aliphatic heterocycles. The Morgan fingerprint density at radius 2 is 2.18 bits per heavy atom. The fourth-order valence-electron chi connectivity index (χ4n) is 2.62. The molecule has 2 amide bonds. The van der Waals surface area contributed by atoms with Crippen molar-refractivity contribution in [1.82, 2.24) is 15.2 Å². The molecule has 2 fully saturated rings. The van der Waals surface area contributed by atoms with E-state index in [2.05, 4.69) is 10.3 Å². The fraction of sp³-hybridized carbons (Fsp3) is 0.600. The maximum Gasteiger partial charge on any atom is 0.289 e. The molecule has 1 aliphatic carbocycles. The van der Waals surface area contributed by atoms with Gasteiger partial charge in [-0.2, -0.15) is 0 Å². The molecule has 1 aromatic heterocycles. The molecule has 1 aromatic rings. The third-order valence-corrected chi connectivity index (χ3v) is 5.03. The minimum atomic E-state index is -0.643. The summed E-state index contributed by atoms with van der Waals surface area (Å²) in [4.78, 5) is 42.1. The lowest BCUT2D eigenvalue weighted by atomic mass is 10.1. The van der Waals surface area contributed by atoms with Gasteiger partial charge in [0, 0.05) is 24.0 Å². The van der Waals surface area contributed by atoms with E-state index in [9.17, 15) is 14.4 Å². The molecule has 2 aliphatic rings. The highest BCUT2D eigenvalue weighted by Crippen LogP contribution is 2.28. The van der Waals surface area contributed by atoms with Crippen LogP contribution in [0.3, 0.4) is 0 Å². The molecule has 1 saturated carbocycles. The molecule has 0 aromatic carbocycles. The Balaban J connectivity index is 1.63.